The molecule has 0 aromatic heterocycles. The number of nitrogens with one attached hydrogen (secondary N) is 1. The van der Waals surface area contributed by atoms with Gasteiger partial charge in [0.2, 0.25) is 5.91 Å². The summed E-state index contributed by atoms with van der Waals surface area (Å²) in [5, 5.41) is 3.29. The zero-order valence-electron chi connectivity index (χ0n) is 8.46. The fourth-order valence-electron chi connectivity index (χ4n) is 0.971. The highest BCUT2D eigenvalue weighted by atomic mass is 35.5. The van der Waals surface area contributed by atoms with Gasteiger partial charge in [-0.3, -0.25) is 4.79 Å². The number of thiocarbonyl (C=S) groups is 1. The lowest BCUT2D eigenvalue weighted by molar-refractivity contribution is -0.117. The third-order valence-electron chi connectivity index (χ3n) is 2.03. The van der Waals surface area contributed by atoms with Gasteiger partial charge in [-0.05, 0) is 19.1 Å². The molecule has 0 aliphatic rings. The number of carbonyl (C=O) groups is 1. The van der Waals surface area contributed by atoms with Gasteiger partial charge in [-0.1, -0.05) is 41.5 Å². The minimum Gasteiger partial charge on any atom is -0.393 e. The Labute approximate surface area is 109 Å². The summed E-state index contributed by atoms with van der Waals surface area (Å²) in [4.78, 5) is 11.8. The molecule has 0 fully saturated rings. The molecule has 1 aromatic carbocycles. The number of carbonyl (C=O) groups excluding carboxylic acids is 1. The highest BCUT2D eigenvalue weighted by Crippen LogP contribution is 2.29. The van der Waals surface area contributed by atoms with Crippen LogP contribution in [0.2, 0.25) is 10.0 Å². The van der Waals surface area contributed by atoms with Gasteiger partial charge in [0.05, 0.1) is 26.6 Å². The summed E-state index contributed by atoms with van der Waals surface area (Å²) >= 11 is 16.4. The predicted octanol–water partition coefficient (Wildman–Crippen LogP) is 2.85. The minimum absolute atomic E-state index is 0.135. The standard InChI is InChI=1S/C10H10Cl2N2OS/c1-5(9(13)16)10(15)14-7-4-2-3-6(11)8(7)12/h2-5H,1H3,(H2,13,16)(H,14,15). The summed E-state index contributed by atoms with van der Waals surface area (Å²) in [5.41, 5.74) is 5.82. The number of hydrogen-bond acceptors (Lipinski definition) is 2. The molecule has 1 unspecified atom stereocenters. The van der Waals surface area contributed by atoms with Crippen molar-refractivity contribution in [2.45, 2.75) is 6.92 Å². The molecule has 16 heavy (non-hydrogen) atoms. The van der Waals surface area contributed by atoms with Crippen LogP contribution < -0.4 is 11.1 Å². The Bertz CT molecular complexity index is 437. The van der Waals surface area contributed by atoms with Crippen molar-refractivity contribution in [1.82, 2.24) is 0 Å². The summed E-state index contributed by atoms with van der Waals surface area (Å²) in [6, 6.07) is 4.98. The van der Waals surface area contributed by atoms with E-state index in [9.17, 15) is 4.79 Å². The second kappa shape index (κ2) is 5.48. The Morgan fingerprint density at radius 3 is 2.69 bits per heavy atom. The van der Waals surface area contributed by atoms with E-state index in [0.29, 0.717) is 15.7 Å². The molecule has 0 radical (unpaired) electrons. The molecular weight excluding hydrogens is 267 g/mol. The Kier molecular flexibility index (Phi) is 4.53. The summed E-state index contributed by atoms with van der Waals surface area (Å²) in [7, 11) is 0. The molecule has 1 amide bonds. The molecule has 0 aliphatic heterocycles. The highest BCUT2D eigenvalue weighted by molar-refractivity contribution is 7.80. The summed E-state index contributed by atoms with van der Waals surface area (Å²) in [5.74, 6) is -0.860. The fourth-order valence-corrected chi connectivity index (χ4v) is 1.43. The molecule has 3 nitrogen and oxygen atoms in total. The normalized spacial score (nSPS) is 11.9. The van der Waals surface area contributed by atoms with E-state index < -0.39 is 5.92 Å². The molecule has 0 saturated carbocycles. The number of anilines is 1. The van der Waals surface area contributed by atoms with Gasteiger partial charge in [0, 0.05) is 0 Å². The molecule has 0 heterocycles. The first-order valence-electron chi connectivity index (χ1n) is 4.47. The molecule has 0 spiro atoms. The summed E-state index contributed by atoms with van der Waals surface area (Å²) in [6.45, 7) is 1.62. The van der Waals surface area contributed by atoms with Crippen molar-refractivity contribution in [3.63, 3.8) is 0 Å². The van der Waals surface area contributed by atoms with E-state index in [0.717, 1.165) is 0 Å². The number of amides is 1. The number of rotatable bonds is 3. The zero-order valence-corrected chi connectivity index (χ0v) is 10.8. The van der Waals surface area contributed by atoms with Crippen LogP contribution in [0.3, 0.4) is 0 Å². The molecule has 1 atom stereocenters. The number of halogens is 2. The molecule has 0 aliphatic carbocycles. The summed E-state index contributed by atoms with van der Waals surface area (Å²) < 4.78 is 0. The zero-order chi connectivity index (χ0) is 12.3. The summed E-state index contributed by atoms with van der Waals surface area (Å²) in [6.07, 6.45) is 0. The molecular formula is C10H10Cl2N2OS. The van der Waals surface area contributed by atoms with Crippen LogP contribution in [-0.2, 0) is 4.79 Å². The lowest BCUT2D eigenvalue weighted by atomic mass is 10.1. The van der Waals surface area contributed by atoms with Crippen molar-refractivity contribution in [2.24, 2.45) is 11.7 Å². The fraction of sp³-hybridized carbons (Fsp3) is 0.200. The molecule has 0 saturated heterocycles. The van der Waals surface area contributed by atoms with Crippen LogP contribution in [0.4, 0.5) is 5.69 Å². The Morgan fingerprint density at radius 2 is 2.12 bits per heavy atom. The Morgan fingerprint density at radius 1 is 1.50 bits per heavy atom. The van der Waals surface area contributed by atoms with Gasteiger partial charge >= 0.3 is 0 Å². The van der Waals surface area contributed by atoms with E-state index in [1.165, 1.54) is 0 Å². The lowest BCUT2D eigenvalue weighted by Crippen LogP contribution is -2.30. The van der Waals surface area contributed by atoms with E-state index in [1.807, 2.05) is 0 Å². The smallest absolute Gasteiger partial charge is 0.234 e. The maximum atomic E-state index is 11.6. The van der Waals surface area contributed by atoms with Crippen LogP contribution in [0.25, 0.3) is 0 Å². The maximum Gasteiger partial charge on any atom is 0.234 e. The largest absolute Gasteiger partial charge is 0.393 e. The number of nitrogens with two attached hydrogens (primary N) is 1. The van der Waals surface area contributed by atoms with Crippen LogP contribution >= 0.6 is 35.4 Å². The first-order chi connectivity index (χ1) is 7.43. The van der Waals surface area contributed by atoms with Gasteiger partial charge in [0.15, 0.2) is 0 Å². The quantitative estimate of drug-likeness (QED) is 0.835. The average molecular weight is 277 g/mol. The van der Waals surface area contributed by atoms with Gasteiger partial charge in [-0.25, -0.2) is 0 Å². The van der Waals surface area contributed by atoms with Crippen molar-refractivity contribution < 1.29 is 4.79 Å². The average Bonchev–Trinajstić information content (AvgIpc) is 2.23. The number of benzene rings is 1. The molecule has 86 valence electrons. The van der Waals surface area contributed by atoms with E-state index in [2.05, 4.69) is 5.32 Å². The Hall–Kier alpha value is -0.840. The van der Waals surface area contributed by atoms with Gasteiger partial charge in [0.1, 0.15) is 0 Å². The van der Waals surface area contributed by atoms with Crippen LogP contribution in [0, 0.1) is 5.92 Å². The molecule has 1 aromatic rings. The van der Waals surface area contributed by atoms with Gasteiger partial charge in [-0.15, -0.1) is 0 Å². The highest BCUT2D eigenvalue weighted by Gasteiger charge is 2.17. The van der Waals surface area contributed by atoms with Crippen LogP contribution in [-0.4, -0.2) is 10.9 Å². The van der Waals surface area contributed by atoms with E-state index in [-0.39, 0.29) is 10.9 Å². The number of hydrogen-bond donors (Lipinski definition) is 2. The Balaban J connectivity index is 2.85. The van der Waals surface area contributed by atoms with Crippen molar-refractivity contribution in [3.8, 4) is 0 Å². The van der Waals surface area contributed by atoms with Gasteiger partial charge in [-0.2, -0.15) is 0 Å². The van der Waals surface area contributed by atoms with E-state index >= 15 is 0 Å². The van der Waals surface area contributed by atoms with Gasteiger partial charge in [0.25, 0.3) is 0 Å². The SMILES string of the molecule is CC(C(=O)Nc1cccc(Cl)c1Cl)C(N)=S. The topological polar surface area (TPSA) is 55.1 Å². The molecule has 6 heteroatoms. The van der Waals surface area contributed by atoms with E-state index in [1.54, 1.807) is 25.1 Å². The second-order valence-electron chi connectivity index (χ2n) is 3.21. The maximum absolute atomic E-state index is 11.6. The molecule has 3 N–H and O–H groups in total. The van der Waals surface area contributed by atoms with Crippen molar-refractivity contribution in [1.29, 1.82) is 0 Å². The monoisotopic (exact) mass is 276 g/mol. The van der Waals surface area contributed by atoms with E-state index in [4.69, 9.17) is 41.2 Å². The second-order valence-corrected chi connectivity index (χ2v) is 4.47. The third kappa shape index (κ3) is 3.07. The minimum atomic E-state index is -0.551. The van der Waals surface area contributed by atoms with Crippen LogP contribution in [0.15, 0.2) is 18.2 Å². The van der Waals surface area contributed by atoms with Crippen LogP contribution in [0.5, 0.6) is 0 Å². The molecule has 1 rings (SSSR count). The van der Waals surface area contributed by atoms with Crippen molar-refractivity contribution in [2.75, 3.05) is 5.32 Å². The predicted molar refractivity (Wildman–Crippen MR) is 71.0 cm³/mol. The van der Waals surface area contributed by atoms with Crippen LogP contribution in [0.1, 0.15) is 6.92 Å². The molecule has 0 bridgehead atoms. The first-order valence-corrected chi connectivity index (χ1v) is 5.64. The lowest BCUT2D eigenvalue weighted by Gasteiger charge is -2.12. The third-order valence-corrected chi connectivity index (χ3v) is 3.20. The van der Waals surface area contributed by atoms with Crippen molar-refractivity contribution >= 4 is 52.0 Å². The first kappa shape index (κ1) is 13.2. The van der Waals surface area contributed by atoms with Gasteiger partial charge < -0.3 is 11.1 Å². The van der Waals surface area contributed by atoms with Crippen molar-refractivity contribution in [3.05, 3.63) is 28.2 Å².